The fourth-order valence-electron chi connectivity index (χ4n) is 1.27. The predicted octanol–water partition coefficient (Wildman–Crippen LogP) is 1.33. The third-order valence-electron chi connectivity index (χ3n) is 2.81. The van der Waals surface area contributed by atoms with Gasteiger partial charge in [0.25, 0.3) is 5.91 Å². The Morgan fingerprint density at radius 1 is 1.50 bits per heavy atom. The summed E-state index contributed by atoms with van der Waals surface area (Å²) in [4.78, 5) is 11.8. The van der Waals surface area contributed by atoms with E-state index in [0.29, 0.717) is 17.3 Å². The van der Waals surface area contributed by atoms with Gasteiger partial charge in [0, 0.05) is 6.04 Å². The van der Waals surface area contributed by atoms with E-state index in [9.17, 15) is 4.79 Å². The lowest BCUT2D eigenvalue weighted by Crippen LogP contribution is -2.36. The number of amides is 1. The fraction of sp³-hybridized carbons (Fsp3) is 0.636. The zero-order valence-electron chi connectivity index (χ0n) is 10.3. The van der Waals surface area contributed by atoms with Crippen LogP contribution in [0.2, 0.25) is 0 Å². The molecule has 1 heterocycles. The van der Waals surface area contributed by atoms with Gasteiger partial charge in [0.1, 0.15) is 0 Å². The van der Waals surface area contributed by atoms with Crippen LogP contribution < -0.4 is 11.1 Å². The largest absolute Gasteiger partial charge is 0.395 e. The lowest BCUT2D eigenvalue weighted by molar-refractivity contribution is 0.0926. The topological polar surface area (TPSA) is 83.8 Å². The van der Waals surface area contributed by atoms with Gasteiger partial charge in [-0.1, -0.05) is 20.8 Å². The van der Waals surface area contributed by atoms with Crippen LogP contribution in [0.3, 0.4) is 0 Å². The van der Waals surface area contributed by atoms with E-state index in [1.807, 2.05) is 13.8 Å². The maximum Gasteiger partial charge on any atom is 0.274 e. The number of hydrogen-bond donors (Lipinski definition) is 3. The first-order chi connectivity index (χ1) is 7.47. The molecule has 0 spiro atoms. The highest BCUT2D eigenvalue weighted by Crippen LogP contribution is 2.14. The second-order valence-electron chi connectivity index (χ2n) is 4.32. The van der Waals surface area contributed by atoms with E-state index in [1.165, 1.54) is 0 Å². The molecule has 0 saturated carbocycles. The molecule has 5 heteroatoms. The third kappa shape index (κ3) is 2.53. The van der Waals surface area contributed by atoms with Gasteiger partial charge < -0.3 is 11.1 Å². The van der Waals surface area contributed by atoms with E-state index in [4.69, 9.17) is 5.73 Å². The number of nitrogen functional groups attached to an aromatic ring is 1. The number of carbonyl (C=O) groups is 1. The smallest absolute Gasteiger partial charge is 0.274 e. The first kappa shape index (κ1) is 12.5. The molecule has 1 aromatic heterocycles. The Morgan fingerprint density at radius 3 is 2.56 bits per heavy atom. The van der Waals surface area contributed by atoms with Crippen molar-refractivity contribution in [1.82, 2.24) is 15.5 Å². The van der Waals surface area contributed by atoms with Crippen molar-refractivity contribution in [3.05, 3.63) is 11.4 Å². The molecule has 1 unspecified atom stereocenters. The van der Waals surface area contributed by atoms with Crippen molar-refractivity contribution < 1.29 is 4.79 Å². The van der Waals surface area contributed by atoms with Gasteiger partial charge in [-0.2, -0.15) is 5.10 Å². The van der Waals surface area contributed by atoms with Crippen molar-refractivity contribution >= 4 is 11.6 Å². The van der Waals surface area contributed by atoms with Crippen LogP contribution in [0.4, 0.5) is 5.69 Å². The lowest BCUT2D eigenvalue weighted by Gasteiger charge is -2.16. The van der Waals surface area contributed by atoms with Gasteiger partial charge in [-0.25, -0.2) is 0 Å². The molecule has 0 aliphatic rings. The first-order valence-corrected chi connectivity index (χ1v) is 5.60. The summed E-state index contributed by atoms with van der Waals surface area (Å²) in [6.45, 7) is 8.03. The molecule has 5 nitrogen and oxygen atoms in total. The number of aromatic amines is 1. The van der Waals surface area contributed by atoms with Gasteiger partial charge >= 0.3 is 0 Å². The number of aryl methyl sites for hydroxylation is 1. The molecule has 90 valence electrons. The second-order valence-corrected chi connectivity index (χ2v) is 4.32. The maximum atomic E-state index is 11.8. The molecule has 4 N–H and O–H groups in total. The van der Waals surface area contributed by atoms with Gasteiger partial charge in [-0.15, -0.1) is 0 Å². The van der Waals surface area contributed by atoms with Gasteiger partial charge in [0.2, 0.25) is 0 Å². The number of nitrogens with zero attached hydrogens (tertiary/aromatic N) is 1. The Hall–Kier alpha value is -1.52. The van der Waals surface area contributed by atoms with Crippen LogP contribution in [0, 0.1) is 5.92 Å². The van der Waals surface area contributed by atoms with Crippen molar-refractivity contribution in [3.63, 3.8) is 0 Å². The van der Waals surface area contributed by atoms with E-state index in [0.717, 1.165) is 12.1 Å². The molecule has 1 amide bonds. The Bertz CT molecular complexity index is 370. The number of carbonyl (C=O) groups excluding carboxylic acids is 1. The molecule has 0 radical (unpaired) electrons. The molecular formula is C11H20N4O. The van der Waals surface area contributed by atoms with Gasteiger partial charge in [-0.05, 0) is 19.3 Å². The lowest BCUT2D eigenvalue weighted by atomic mass is 10.1. The highest BCUT2D eigenvalue weighted by molar-refractivity contribution is 5.97. The minimum Gasteiger partial charge on any atom is -0.395 e. The van der Waals surface area contributed by atoms with Crippen LogP contribution in [-0.2, 0) is 6.42 Å². The van der Waals surface area contributed by atoms with E-state index < -0.39 is 0 Å². The summed E-state index contributed by atoms with van der Waals surface area (Å²) in [5, 5.41) is 9.58. The van der Waals surface area contributed by atoms with E-state index in [-0.39, 0.29) is 11.9 Å². The number of nitrogens with one attached hydrogen (secondary N) is 2. The quantitative estimate of drug-likeness (QED) is 0.721. The normalized spacial score (nSPS) is 12.8. The zero-order valence-corrected chi connectivity index (χ0v) is 10.3. The fourth-order valence-corrected chi connectivity index (χ4v) is 1.27. The van der Waals surface area contributed by atoms with Crippen LogP contribution in [0.25, 0.3) is 0 Å². The van der Waals surface area contributed by atoms with Gasteiger partial charge in [0.15, 0.2) is 5.69 Å². The highest BCUT2D eigenvalue weighted by Gasteiger charge is 2.18. The maximum absolute atomic E-state index is 11.8. The minimum atomic E-state index is -0.213. The molecular weight excluding hydrogens is 204 g/mol. The summed E-state index contributed by atoms with van der Waals surface area (Å²) in [6.07, 6.45) is 0.742. The van der Waals surface area contributed by atoms with Crippen LogP contribution in [0.5, 0.6) is 0 Å². The molecule has 16 heavy (non-hydrogen) atoms. The SMILES string of the molecule is CCc1[nH]nc(C(=O)NC(C)C(C)C)c1N. The van der Waals surface area contributed by atoms with E-state index in [1.54, 1.807) is 0 Å². The molecule has 0 fully saturated rings. The molecule has 0 saturated heterocycles. The zero-order chi connectivity index (χ0) is 12.3. The number of hydrogen-bond acceptors (Lipinski definition) is 3. The standard InChI is InChI=1S/C11H20N4O/c1-5-8-9(12)10(15-14-8)11(16)13-7(4)6(2)3/h6-7H,5,12H2,1-4H3,(H,13,16)(H,14,15). The van der Waals surface area contributed by atoms with E-state index in [2.05, 4.69) is 29.4 Å². The number of nitrogens with two attached hydrogens (primary N) is 1. The van der Waals surface area contributed by atoms with Crippen LogP contribution >= 0.6 is 0 Å². The summed E-state index contributed by atoms with van der Waals surface area (Å²) >= 11 is 0. The monoisotopic (exact) mass is 224 g/mol. The molecule has 0 bridgehead atoms. The summed E-state index contributed by atoms with van der Waals surface area (Å²) in [7, 11) is 0. The van der Waals surface area contributed by atoms with Crippen molar-refractivity contribution in [2.24, 2.45) is 5.92 Å². The number of H-pyrrole nitrogens is 1. The van der Waals surface area contributed by atoms with E-state index >= 15 is 0 Å². The molecule has 0 aromatic carbocycles. The highest BCUT2D eigenvalue weighted by atomic mass is 16.2. The van der Waals surface area contributed by atoms with Crippen LogP contribution in [0.15, 0.2) is 0 Å². The predicted molar refractivity (Wildman–Crippen MR) is 64.1 cm³/mol. The van der Waals surface area contributed by atoms with Crippen molar-refractivity contribution in [2.45, 2.75) is 40.2 Å². The Morgan fingerprint density at radius 2 is 2.12 bits per heavy atom. The molecule has 0 aliphatic carbocycles. The summed E-state index contributed by atoms with van der Waals surface area (Å²) in [6, 6.07) is 0.105. The van der Waals surface area contributed by atoms with Gasteiger partial charge in [0.05, 0.1) is 11.4 Å². The number of anilines is 1. The molecule has 0 aliphatic heterocycles. The summed E-state index contributed by atoms with van der Waals surface area (Å²) in [5.41, 5.74) is 7.37. The summed E-state index contributed by atoms with van der Waals surface area (Å²) < 4.78 is 0. The third-order valence-corrected chi connectivity index (χ3v) is 2.81. The molecule has 1 atom stereocenters. The van der Waals surface area contributed by atoms with Gasteiger partial charge in [-0.3, -0.25) is 9.89 Å². The summed E-state index contributed by atoms with van der Waals surface area (Å²) in [5.74, 6) is 0.171. The number of rotatable bonds is 4. The van der Waals surface area contributed by atoms with Crippen molar-refractivity contribution in [3.8, 4) is 0 Å². The number of aromatic nitrogens is 2. The van der Waals surface area contributed by atoms with Crippen molar-refractivity contribution in [2.75, 3.05) is 5.73 Å². The minimum absolute atomic E-state index is 0.105. The molecule has 1 aromatic rings. The second kappa shape index (κ2) is 5.01. The Kier molecular flexibility index (Phi) is 3.93. The Balaban J connectivity index is 2.77. The molecule has 1 rings (SSSR count). The first-order valence-electron chi connectivity index (χ1n) is 5.60. The average molecular weight is 224 g/mol. The van der Waals surface area contributed by atoms with Crippen LogP contribution in [0.1, 0.15) is 43.9 Å². The van der Waals surface area contributed by atoms with Crippen molar-refractivity contribution in [1.29, 1.82) is 0 Å². The average Bonchev–Trinajstić information content (AvgIpc) is 2.59. The Labute approximate surface area is 95.8 Å². The van der Waals surface area contributed by atoms with Crippen LogP contribution in [-0.4, -0.2) is 22.1 Å².